The summed E-state index contributed by atoms with van der Waals surface area (Å²) in [6.45, 7) is 4.74. The zero-order valence-electron chi connectivity index (χ0n) is 12.4. The summed E-state index contributed by atoms with van der Waals surface area (Å²) >= 11 is 0. The van der Waals surface area contributed by atoms with Crippen LogP contribution in [-0.4, -0.2) is 6.04 Å². The van der Waals surface area contributed by atoms with Gasteiger partial charge in [-0.3, -0.25) is 11.3 Å². The van der Waals surface area contributed by atoms with Gasteiger partial charge in [-0.05, 0) is 49.4 Å². The van der Waals surface area contributed by atoms with Crippen LogP contribution in [0, 0.1) is 17.3 Å². The molecule has 0 bridgehead atoms. The minimum absolute atomic E-state index is 0.505. The van der Waals surface area contributed by atoms with Crippen LogP contribution < -0.4 is 11.3 Å². The number of hydrogen-bond acceptors (Lipinski definition) is 2. The van der Waals surface area contributed by atoms with Gasteiger partial charge in [-0.1, -0.05) is 46.0 Å². The summed E-state index contributed by atoms with van der Waals surface area (Å²) in [5.41, 5.74) is 3.76. The van der Waals surface area contributed by atoms with Crippen LogP contribution in [0.1, 0.15) is 78.1 Å². The van der Waals surface area contributed by atoms with Crippen LogP contribution in [0.2, 0.25) is 0 Å². The standard InChI is InChI=1S/C16H32N2/c1-13(2)12-16(10-6-7-11-16)15(18-17)14-8-4-3-5-9-14/h13-15,18H,3-12,17H2,1-2H3. The van der Waals surface area contributed by atoms with E-state index in [1.165, 1.54) is 64.2 Å². The number of rotatable bonds is 5. The van der Waals surface area contributed by atoms with E-state index < -0.39 is 0 Å². The van der Waals surface area contributed by atoms with E-state index in [-0.39, 0.29) is 0 Å². The topological polar surface area (TPSA) is 38.0 Å². The van der Waals surface area contributed by atoms with Gasteiger partial charge in [0.05, 0.1) is 0 Å². The molecule has 1 unspecified atom stereocenters. The second kappa shape index (κ2) is 6.38. The molecule has 18 heavy (non-hydrogen) atoms. The van der Waals surface area contributed by atoms with E-state index in [2.05, 4.69) is 19.3 Å². The normalized spacial score (nSPS) is 26.7. The van der Waals surface area contributed by atoms with E-state index in [1.807, 2.05) is 0 Å². The van der Waals surface area contributed by atoms with Crippen LogP contribution in [0.15, 0.2) is 0 Å². The van der Waals surface area contributed by atoms with Crippen molar-refractivity contribution in [1.29, 1.82) is 0 Å². The molecule has 2 aliphatic rings. The van der Waals surface area contributed by atoms with Crippen molar-refractivity contribution < 1.29 is 0 Å². The highest BCUT2D eigenvalue weighted by Gasteiger charge is 2.44. The maximum absolute atomic E-state index is 5.99. The van der Waals surface area contributed by atoms with Gasteiger partial charge in [0.15, 0.2) is 0 Å². The molecule has 2 rings (SSSR count). The molecule has 0 aliphatic heterocycles. The number of nitrogens with one attached hydrogen (secondary N) is 1. The fraction of sp³-hybridized carbons (Fsp3) is 1.00. The third-order valence-corrected chi connectivity index (χ3v) is 5.37. The van der Waals surface area contributed by atoms with Gasteiger partial charge in [-0.25, -0.2) is 0 Å². The van der Waals surface area contributed by atoms with Gasteiger partial charge in [-0.2, -0.15) is 0 Å². The quantitative estimate of drug-likeness (QED) is 0.573. The van der Waals surface area contributed by atoms with Crippen molar-refractivity contribution in [3.05, 3.63) is 0 Å². The average molecular weight is 252 g/mol. The molecule has 0 aromatic heterocycles. The van der Waals surface area contributed by atoms with Crippen molar-refractivity contribution in [2.75, 3.05) is 0 Å². The van der Waals surface area contributed by atoms with Gasteiger partial charge in [-0.15, -0.1) is 0 Å². The zero-order valence-corrected chi connectivity index (χ0v) is 12.4. The number of nitrogens with two attached hydrogens (primary N) is 1. The SMILES string of the molecule is CC(C)CC1(C(NN)C2CCCCC2)CCCC1. The summed E-state index contributed by atoms with van der Waals surface area (Å²) in [7, 11) is 0. The van der Waals surface area contributed by atoms with E-state index in [0.717, 1.165) is 11.8 Å². The Bertz CT molecular complexity index is 237. The summed E-state index contributed by atoms with van der Waals surface area (Å²) in [5, 5.41) is 0. The fourth-order valence-corrected chi connectivity index (χ4v) is 4.81. The first-order valence-electron chi connectivity index (χ1n) is 8.14. The van der Waals surface area contributed by atoms with E-state index in [9.17, 15) is 0 Å². The molecule has 0 spiro atoms. The lowest BCUT2D eigenvalue weighted by atomic mass is 9.66. The Balaban J connectivity index is 2.10. The monoisotopic (exact) mass is 252 g/mol. The van der Waals surface area contributed by atoms with Gasteiger partial charge < -0.3 is 0 Å². The molecule has 3 N–H and O–H groups in total. The molecule has 0 heterocycles. The maximum atomic E-state index is 5.99. The van der Waals surface area contributed by atoms with Crippen LogP contribution in [0.4, 0.5) is 0 Å². The van der Waals surface area contributed by atoms with Crippen molar-refractivity contribution in [1.82, 2.24) is 5.43 Å². The Morgan fingerprint density at radius 1 is 1.06 bits per heavy atom. The first-order chi connectivity index (χ1) is 8.68. The van der Waals surface area contributed by atoms with Crippen molar-refractivity contribution in [2.24, 2.45) is 23.1 Å². The predicted octanol–water partition coefficient (Wildman–Crippen LogP) is 4.01. The average Bonchev–Trinajstić information content (AvgIpc) is 2.79. The summed E-state index contributed by atoms with van der Waals surface area (Å²) in [4.78, 5) is 0. The van der Waals surface area contributed by atoms with E-state index >= 15 is 0 Å². The molecule has 0 radical (unpaired) electrons. The van der Waals surface area contributed by atoms with Gasteiger partial charge in [0.2, 0.25) is 0 Å². The zero-order chi connectivity index (χ0) is 13.0. The molecule has 0 aromatic carbocycles. The largest absolute Gasteiger partial charge is 0.271 e. The maximum Gasteiger partial charge on any atom is 0.0295 e. The van der Waals surface area contributed by atoms with Crippen molar-refractivity contribution >= 4 is 0 Å². The lowest BCUT2D eigenvalue weighted by Gasteiger charge is -2.44. The summed E-state index contributed by atoms with van der Waals surface area (Å²) in [6.07, 6.45) is 14.1. The molecule has 0 aromatic rings. The lowest BCUT2D eigenvalue weighted by molar-refractivity contribution is 0.0913. The molecule has 1 atom stereocenters. The Morgan fingerprint density at radius 3 is 2.17 bits per heavy atom. The first-order valence-corrected chi connectivity index (χ1v) is 8.14. The molecular weight excluding hydrogens is 220 g/mol. The molecule has 0 amide bonds. The fourth-order valence-electron chi connectivity index (χ4n) is 4.81. The highest BCUT2D eigenvalue weighted by Crippen LogP contribution is 2.49. The van der Waals surface area contributed by atoms with Crippen LogP contribution in [-0.2, 0) is 0 Å². The Kier molecular flexibility index (Phi) is 5.08. The minimum Gasteiger partial charge on any atom is -0.271 e. The molecule has 0 saturated heterocycles. The third-order valence-electron chi connectivity index (χ3n) is 5.37. The van der Waals surface area contributed by atoms with E-state index in [4.69, 9.17) is 5.84 Å². The second-order valence-corrected chi connectivity index (χ2v) is 7.21. The van der Waals surface area contributed by atoms with Crippen LogP contribution in [0.5, 0.6) is 0 Å². The van der Waals surface area contributed by atoms with Gasteiger partial charge in [0.1, 0.15) is 0 Å². The summed E-state index contributed by atoms with van der Waals surface area (Å²) in [5.74, 6) is 7.62. The second-order valence-electron chi connectivity index (χ2n) is 7.21. The summed E-state index contributed by atoms with van der Waals surface area (Å²) < 4.78 is 0. The molecule has 2 heteroatoms. The molecule has 2 aliphatic carbocycles. The first kappa shape index (κ1) is 14.3. The van der Waals surface area contributed by atoms with E-state index in [1.54, 1.807) is 0 Å². The van der Waals surface area contributed by atoms with Crippen molar-refractivity contribution in [2.45, 2.75) is 84.1 Å². The molecule has 106 valence electrons. The van der Waals surface area contributed by atoms with Crippen molar-refractivity contribution in [3.63, 3.8) is 0 Å². The minimum atomic E-state index is 0.505. The van der Waals surface area contributed by atoms with Gasteiger partial charge >= 0.3 is 0 Å². The Labute approximate surface area is 113 Å². The van der Waals surface area contributed by atoms with Crippen molar-refractivity contribution in [3.8, 4) is 0 Å². The van der Waals surface area contributed by atoms with Crippen LogP contribution in [0.25, 0.3) is 0 Å². The third kappa shape index (κ3) is 3.08. The Hall–Kier alpha value is -0.0800. The summed E-state index contributed by atoms with van der Waals surface area (Å²) in [6, 6.07) is 0.572. The number of hydrazine groups is 1. The molecule has 2 nitrogen and oxygen atoms in total. The molecule has 2 fully saturated rings. The molecular formula is C16H32N2. The lowest BCUT2D eigenvalue weighted by Crippen LogP contribution is -2.52. The highest BCUT2D eigenvalue weighted by atomic mass is 15.2. The van der Waals surface area contributed by atoms with Crippen LogP contribution in [0.3, 0.4) is 0 Å². The smallest absolute Gasteiger partial charge is 0.0295 e. The Morgan fingerprint density at radius 2 is 1.67 bits per heavy atom. The van der Waals surface area contributed by atoms with Gasteiger partial charge in [0, 0.05) is 6.04 Å². The molecule has 2 saturated carbocycles. The van der Waals surface area contributed by atoms with Gasteiger partial charge in [0.25, 0.3) is 0 Å². The highest BCUT2D eigenvalue weighted by molar-refractivity contribution is 4.98. The van der Waals surface area contributed by atoms with Crippen LogP contribution >= 0.6 is 0 Å². The predicted molar refractivity (Wildman–Crippen MR) is 78.0 cm³/mol. The van der Waals surface area contributed by atoms with E-state index in [0.29, 0.717) is 11.5 Å². The number of hydrogen-bond donors (Lipinski definition) is 2.